The molecule has 1 saturated carbocycles. The van der Waals surface area contributed by atoms with Crippen LogP contribution in [0.1, 0.15) is 34.8 Å². The normalized spacial score (nSPS) is 14.0. The Bertz CT molecular complexity index is 662. The van der Waals surface area contributed by atoms with Crippen LogP contribution < -0.4 is 4.90 Å². The van der Waals surface area contributed by atoms with Gasteiger partial charge in [-0.25, -0.2) is 9.37 Å². The number of benzene rings is 1. The molecule has 3 rings (SSSR count). The Hall–Kier alpha value is -2.43. The first-order valence-electron chi connectivity index (χ1n) is 6.91. The number of H-pyrrole nitrogens is 1. The van der Waals surface area contributed by atoms with Crippen LogP contribution in [0.4, 0.5) is 10.1 Å². The molecule has 1 aromatic carbocycles. The van der Waals surface area contributed by atoms with Crippen LogP contribution in [0.3, 0.4) is 0 Å². The Morgan fingerprint density at radius 3 is 2.90 bits per heavy atom. The smallest absolute Gasteiger partial charge is 0.276 e. The summed E-state index contributed by atoms with van der Waals surface area (Å²) in [5.74, 6) is -0.232. The molecule has 1 aromatic heterocycles. The lowest BCUT2D eigenvalue weighted by molar-refractivity contribution is 0.0984. The highest BCUT2D eigenvalue weighted by Crippen LogP contribution is 2.41. The summed E-state index contributed by atoms with van der Waals surface area (Å²) >= 11 is 0. The number of rotatable bonds is 5. The fourth-order valence-electron chi connectivity index (χ4n) is 2.35. The number of aromatic nitrogens is 2. The maximum absolute atomic E-state index is 14.4. The number of imidazole rings is 1. The average molecular weight is 285 g/mol. The van der Waals surface area contributed by atoms with Gasteiger partial charge < -0.3 is 9.88 Å². The van der Waals surface area contributed by atoms with Gasteiger partial charge in [-0.05, 0) is 36.5 Å². The van der Waals surface area contributed by atoms with Gasteiger partial charge >= 0.3 is 0 Å². The van der Waals surface area contributed by atoms with Gasteiger partial charge in [0.15, 0.2) is 0 Å². The SMILES string of the molecule is C=CCN(C(=O)c1cnc[nH]1)c1ccc(C2CC2)cc1F. The van der Waals surface area contributed by atoms with Gasteiger partial charge in [0, 0.05) is 6.54 Å². The Balaban J connectivity index is 1.93. The first-order valence-corrected chi connectivity index (χ1v) is 6.91. The van der Waals surface area contributed by atoms with E-state index in [0.29, 0.717) is 11.6 Å². The van der Waals surface area contributed by atoms with Crippen LogP contribution in [0, 0.1) is 5.82 Å². The number of aromatic amines is 1. The molecular weight excluding hydrogens is 269 g/mol. The molecule has 1 aliphatic carbocycles. The zero-order valence-electron chi connectivity index (χ0n) is 11.6. The Morgan fingerprint density at radius 1 is 1.52 bits per heavy atom. The van der Waals surface area contributed by atoms with Gasteiger partial charge in [-0.2, -0.15) is 0 Å². The van der Waals surface area contributed by atoms with Crippen molar-refractivity contribution in [3.05, 3.63) is 60.5 Å². The molecule has 0 unspecified atom stereocenters. The highest BCUT2D eigenvalue weighted by molar-refractivity contribution is 6.04. The number of carbonyl (C=O) groups excluding carboxylic acids is 1. The molecule has 4 nitrogen and oxygen atoms in total. The second-order valence-corrected chi connectivity index (χ2v) is 5.15. The van der Waals surface area contributed by atoms with Gasteiger partial charge in [0.1, 0.15) is 11.5 Å². The minimum atomic E-state index is -0.380. The van der Waals surface area contributed by atoms with Crippen molar-refractivity contribution in [3.8, 4) is 0 Å². The lowest BCUT2D eigenvalue weighted by Crippen LogP contribution is -2.32. The van der Waals surface area contributed by atoms with Crippen molar-refractivity contribution >= 4 is 11.6 Å². The summed E-state index contributed by atoms with van der Waals surface area (Å²) in [5.41, 5.74) is 1.59. The van der Waals surface area contributed by atoms with Gasteiger partial charge in [0.2, 0.25) is 0 Å². The molecule has 0 bridgehead atoms. The van der Waals surface area contributed by atoms with E-state index in [1.165, 1.54) is 23.5 Å². The number of amides is 1. The van der Waals surface area contributed by atoms with Gasteiger partial charge in [-0.15, -0.1) is 6.58 Å². The molecule has 0 radical (unpaired) electrons. The van der Waals surface area contributed by atoms with E-state index in [9.17, 15) is 9.18 Å². The second-order valence-electron chi connectivity index (χ2n) is 5.15. The van der Waals surface area contributed by atoms with Crippen LogP contribution in [0.2, 0.25) is 0 Å². The average Bonchev–Trinajstić information content (AvgIpc) is 3.19. The van der Waals surface area contributed by atoms with Gasteiger partial charge in [-0.3, -0.25) is 4.79 Å². The third kappa shape index (κ3) is 2.72. The minimum Gasteiger partial charge on any atom is -0.341 e. The van der Waals surface area contributed by atoms with Crippen molar-refractivity contribution in [1.82, 2.24) is 9.97 Å². The van der Waals surface area contributed by atoms with Crippen LogP contribution in [0.5, 0.6) is 0 Å². The first kappa shape index (κ1) is 13.5. The minimum absolute atomic E-state index is 0.234. The lowest BCUT2D eigenvalue weighted by Gasteiger charge is -2.21. The van der Waals surface area contributed by atoms with Crippen LogP contribution in [0.25, 0.3) is 0 Å². The van der Waals surface area contributed by atoms with E-state index in [1.807, 2.05) is 6.07 Å². The number of anilines is 1. The molecule has 5 heteroatoms. The zero-order chi connectivity index (χ0) is 14.8. The van der Waals surface area contributed by atoms with E-state index >= 15 is 0 Å². The summed E-state index contributed by atoms with van der Waals surface area (Å²) in [5, 5.41) is 0. The highest BCUT2D eigenvalue weighted by atomic mass is 19.1. The van der Waals surface area contributed by atoms with E-state index in [4.69, 9.17) is 0 Å². The maximum atomic E-state index is 14.4. The molecule has 2 aromatic rings. The largest absolute Gasteiger partial charge is 0.341 e. The third-order valence-corrected chi connectivity index (χ3v) is 3.60. The van der Waals surface area contributed by atoms with Gasteiger partial charge in [-0.1, -0.05) is 12.1 Å². The van der Waals surface area contributed by atoms with E-state index < -0.39 is 0 Å². The topological polar surface area (TPSA) is 49.0 Å². The van der Waals surface area contributed by atoms with E-state index in [2.05, 4.69) is 16.5 Å². The monoisotopic (exact) mass is 285 g/mol. The zero-order valence-corrected chi connectivity index (χ0v) is 11.6. The van der Waals surface area contributed by atoms with Crippen LogP contribution >= 0.6 is 0 Å². The number of halogens is 1. The summed E-state index contributed by atoms with van der Waals surface area (Å²) in [6.07, 6.45) is 6.65. The molecule has 1 N–H and O–H groups in total. The standard InChI is InChI=1S/C16H16FN3O/c1-2-7-20(16(21)14-9-18-10-19-14)15-6-5-12(8-13(15)17)11-3-4-11/h2,5-6,8-11H,1,3-4,7H2,(H,18,19). The summed E-state index contributed by atoms with van der Waals surface area (Å²) in [6, 6.07) is 5.09. The summed E-state index contributed by atoms with van der Waals surface area (Å²) < 4.78 is 14.4. The van der Waals surface area contributed by atoms with E-state index in [1.54, 1.807) is 12.1 Å². The van der Waals surface area contributed by atoms with Crippen LogP contribution in [-0.2, 0) is 0 Å². The predicted molar refractivity (Wildman–Crippen MR) is 78.8 cm³/mol. The molecule has 1 fully saturated rings. The molecule has 0 saturated heterocycles. The van der Waals surface area contributed by atoms with Crippen molar-refractivity contribution in [1.29, 1.82) is 0 Å². The summed E-state index contributed by atoms with van der Waals surface area (Å²) in [6.45, 7) is 3.87. The predicted octanol–water partition coefficient (Wildman–Crippen LogP) is 3.26. The maximum Gasteiger partial charge on any atom is 0.276 e. The fourth-order valence-corrected chi connectivity index (χ4v) is 2.35. The molecule has 1 amide bonds. The van der Waals surface area contributed by atoms with Gasteiger partial charge in [0.05, 0.1) is 18.2 Å². The van der Waals surface area contributed by atoms with Crippen molar-refractivity contribution < 1.29 is 9.18 Å². The third-order valence-electron chi connectivity index (χ3n) is 3.60. The molecule has 21 heavy (non-hydrogen) atoms. The number of hydrogen-bond acceptors (Lipinski definition) is 2. The summed E-state index contributed by atoms with van der Waals surface area (Å²) in [4.78, 5) is 20.3. The number of nitrogens with one attached hydrogen (secondary N) is 1. The van der Waals surface area contributed by atoms with Crippen molar-refractivity contribution in [2.24, 2.45) is 0 Å². The number of carbonyl (C=O) groups is 1. The molecule has 108 valence electrons. The van der Waals surface area contributed by atoms with Crippen molar-refractivity contribution in [2.45, 2.75) is 18.8 Å². The summed E-state index contributed by atoms with van der Waals surface area (Å²) in [7, 11) is 0. The molecular formula is C16H16FN3O. The number of hydrogen-bond donors (Lipinski definition) is 1. The van der Waals surface area contributed by atoms with E-state index in [0.717, 1.165) is 18.4 Å². The molecule has 0 aliphatic heterocycles. The lowest BCUT2D eigenvalue weighted by atomic mass is 10.1. The van der Waals surface area contributed by atoms with Crippen molar-refractivity contribution in [3.63, 3.8) is 0 Å². The molecule has 1 aliphatic rings. The molecule has 0 atom stereocenters. The van der Waals surface area contributed by atoms with Crippen LogP contribution in [0.15, 0.2) is 43.4 Å². The Morgan fingerprint density at radius 2 is 2.33 bits per heavy atom. The van der Waals surface area contributed by atoms with E-state index in [-0.39, 0.29) is 24.0 Å². The van der Waals surface area contributed by atoms with Gasteiger partial charge in [0.25, 0.3) is 5.91 Å². The Kier molecular flexibility index (Phi) is 3.56. The molecule has 1 heterocycles. The number of nitrogens with zero attached hydrogens (tertiary/aromatic N) is 2. The first-order chi connectivity index (χ1) is 10.2. The fraction of sp³-hybridized carbons (Fsp3) is 0.250. The molecule has 0 spiro atoms. The van der Waals surface area contributed by atoms with Crippen molar-refractivity contribution in [2.75, 3.05) is 11.4 Å². The Labute approximate surface area is 122 Å². The second kappa shape index (κ2) is 5.52. The highest BCUT2D eigenvalue weighted by Gasteiger charge is 2.26. The quantitative estimate of drug-likeness (QED) is 0.857. The van der Waals surface area contributed by atoms with Crippen LogP contribution in [-0.4, -0.2) is 22.4 Å².